The Hall–Kier alpha value is -2.03. The number of carbonyl (C=O) groups is 1. The highest BCUT2D eigenvalue weighted by atomic mass is 32.1. The lowest BCUT2D eigenvalue weighted by molar-refractivity contribution is -0.137. The fraction of sp³-hybridized carbons (Fsp3) is 0.619. The molecule has 3 rings (SSSR count). The number of nitrogens with zero attached hydrogens (tertiary/aromatic N) is 3. The molecular weight excluding hydrogens is 415 g/mol. The van der Waals surface area contributed by atoms with Crippen LogP contribution in [0, 0.1) is 5.92 Å². The smallest absolute Gasteiger partial charge is 0.416 e. The summed E-state index contributed by atoms with van der Waals surface area (Å²) < 4.78 is 45.2. The van der Waals surface area contributed by atoms with Gasteiger partial charge in [0.05, 0.1) is 15.8 Å². The molecule has 2 aromatic rings. The highest BCUT2D eigenvalue weighted by Crippen LogP contribution is 2.37. The van der Waals surface area contributed by atoms with Gasteiger partial charge in [-0.15, -0.1) is 0 Å². The predicted molar refractivity (Wildman–Crippen MR) is 113 cm³/mol. The normalized spacial score (nSPS) is 18.4. The maximum absolute atomic E-state index is 13.0. The van der Waals surface area contributed by atoms with E-state index in [0.717, 1.165) is 18.6 Å². The molecule has 2 heterocycles. The maximum atomic E-state index is 13.0. The number of hydrogen-bond donors (Lipinski definition) is 0. The van der Waals surface area contributed by atoms with Crippen LogP contribution in [0.5, 0.6) is 0 Å². The number of benzene rings is 1. The standard InChI is InChI=1S/C21H28F3N3O2S/c1-13(2)10-15-12-26(19(28)29-20(3,4)5)8-9-27(15)18-25-16-7-6-14(21(22,23)24)11-17(16)30-18/h6-7,11,13,15H,8-10,12H2,1-5H3/t15-/m1/s1. The first-order chi connectivity index (χ1) is 13.8. The highest BCUT2D eigenvalue weighted by molar-refractivity contribution is 7.22. The molecule has 0 spiro atoms. The Labute approximate surface area is 178 Å². The molecule has 1 atom stereocenters. The van der Waals surface area contributed by atoms with Gasteiger partial charge in [-0.05, 0) is 51.3 Å². The minimum absolute atomic E-state index is 0.0221. The summed E-state index contributed by atoms with van der Waals surface area (Å²) >= 11 is 1.26. The largest absolute Gasteiger partial charge is 0.444 e. The maximum Gasteiger partial charge on any atom is 0.416 e. The summed E-state index contributed by atoms with van der Waals surface area (Å²) in [6.07, 6.45) is -3.88. The van der Waals surface area contributed by atoms with Gasteiger partial charge in [0.2, 0.25) is 0 Å². The Morgan fingerprint density at radius 3 is 2.57 bits per heavy atom. The number of amides is 1. The number of alkyl halides is 3. The number of fused-ring (bicyclic) bond motifs is 1. The molecule has 0 N–H and O–H groups in total. The lowest BCUT2D eigenvalue weighted by Gasteiger charge is -2.42. The van der Waals surface area contributed by atoms with Crippen molar-refractivity contribution in [3.63, 3.8) is 0 Å². The summed E-state index contributed by atoms with van der Waals surface area (Å²) in [5.74, 6) is 0.391. The summed E-state index contributed by atoms with van der Waals surface area (Å²) in [7, 11) is 0. The van der Waals surface area contributed by atoms with Gasteiger partial charge in [-0.2, -0.15) is 13.2 Å². The van der Waals surface area contributed by atoms with Gasteiger partial charge >= 0.3 is 12.3 Å². The highest BCUT2D eigenvalue weighted by Gasteiger charge is 2.34. The Bertz CT molecular complexity index is 905. The van der Waals surface area contributed by atoms with Crippen molar-refractivity contribution < 1.29 is 22.7 Å². The molecule has 5 nitrogen and oxygen atoms in total. The number of piperazine rings is 1. The monoisotopic (exact) mass is 443 g/mol. The van der Waals surface area contributed by atoms with Crippen molar-refractivity contribution >= 4 is 32.8 Å². The first-order valence-corrected chi connectivity index (χ1v) is 10.9. The fourth-order valence-electron chi connectivity index (χ4n) is 3.56. The zero-order valence-electron chi connectivity index (χ0n) is 17.9. The minimum Gasteiger partial charge on any atom is -0.444 e. The molecule has 9 heteroatoms. The lowest BCUT2D eigenvalue weighted by Crippen LogP contribution is -2.56. The Balaban J connectivity index is 1.84. The quantitative estimate of drug-likeness (QED) is 0.603. The van der Waals surface area contributed by atoms with Gasteiger partial charge in [-0.25, -0.2) is 9.78 Å². The predicted octanol–water partition coefficient (Wildman–Crippen LogP) is 5.79. The van der Waals surface area contributed by atoms with Crippen molar-refractivity contribution in [2.75, 3.05) is 24.5 Å². The van der Waals surface area contributed by atoms with E-state index in [1.807, 2.05) is 20.8 Å². The molecule has 30 heavy (non-hydrogen) atoms. The number of carbonyl (C=O) groups excluding carboxylic acids is 1. The molecule has 166 valence electrons. The molecule has 0 aliphatic carbocycles. The molecule has 1 aliphatic rings. The summed E-state index contributed by atoms with van der Waals surface area (Å²) in [4.78, 5) is 21.0. The average Bonchev–Trinajstić information content (AvgIpc) is 3.01. The van der Waals surface area contributed by atoms with Crippen molar-refractivity contribution in [3.8, 4) is 0 Å². The zero-order valence-corrected chi connectivity index (χ0v) is 18.7. The zero-order chi connectivity index (χ0) is 22.3. The van der Waals surface area contributed by atoms with Crippen LogP contribution in [0.25, 0.3) is 10.2 Å². The first-order valence-electron chi connectivity index (χ1n) is 10.1. The van der Waals surface area contributed by atoms with Crippen molar-refractivity contribution in [2.45, 2.75) is 58.9 Å². The van der Waals surface area contributed by atoms with Gasteiger partial charge in [-0.3, -0.25) is 0 Å². The Morgan fingerprint density at radius 2 is 1.97 bits per heavy atom. The SMILES string of the molecule is CC(C)C[C@@H]1CN(C(=O)OC(C)(C)C)CCN1c1nc2ccc(C(F)(F)F)cc2s1. The molecule has 0 saturated carbocycles. The Morgan fingerprint density at radius 1 is 1.27 bits per heavy atom. The number of halogens is 3. The van der Waals surface area contributed by atoms with E-state index in [1.54, 1.807) is 4.90 Å². The van der Waals surface area contributed by atoms with Crippen LogP contribution in [0.15, 0.2) is 18.2 Å². The third kappa shape index (κ3) is 5.36. The van der Waals surface area contributed by atoms with Crippen molar-refractivity contribution in [1.29, 1.82) is 0 Å². The molecule has 1 aromatic heterocycles. The van der Waals surface area contributed by atoms with Crippen LogP contribution in [0.2, 0.25) is 0 Å². The summed E-state index contributed by atoms with van der Waals surface area (Å²) in [6.45, 7) is 11.3. The molecule has 0 radical (unpaired) electrons. The van der Waals surface area contributed by atoms with Crippen LogP contribution in [-0.4, -0.2) is 47.3 Å². The summed E-state index contributed by atoms with van der Waals surface area (Å²) in [5, 5.41) is 0.693. The summed E-state index contributed by atoms with van der Waals surface area (Å²) in [6, 6.07) is 3.67. The topological polar surface area (TPSA) is 45.7 Å². The van der Waals surface area contributed by atoms with Crippen LogP contribution < -0.4 is 4.90 Å². The van der Waals surface area contributed by atoms with Crippen molar-refractivity contribution in [2.24, 2.45) is 5.92 Å². The lowest BCUT2D eigenvalue weighted by atomic mass is 10.0. The summed E-state index contributed by atoms with van der Waals surface area (Å²) in [5.41, 5.74) is -0.676. The van der Waals surface area contributed by atoms with E-state index in [9.17, 15) is 18.0 Å². The number of thiazole rings is 1. The van der Waals surface area contributed by atoms with Gasteiger partial charge in [0.15, 0.2) is 5.13 Å². The second kappa shape index (κ2) is 8.24. The Kier molecular flexibility index (Phi) is 6.23. The molecule has 0 bridgehead atoms. The van der Waals surface area contributed by atoms with Crippen LogP contribution in [0.4, 0.5) is 23.1 Å². The van der Waals surface area contributed by atoms with Gasteiger partial charge < -0.3 is 14.5 Å². The number of ether oxygens (including phenoxy) is 1. The fourth-order valence-corrected chi connectivity index (χ4v) is 4.66. The molecule has 1 aliphatic heterocycles. The van der Waals surface area contributed by atoms with Crippen LogP contribution in [0.3, 0.4) is 0 Å². The van der Waals surface area contributed by atoms with E-state index in [2.05, 4.69) is 23.7 Å². The van der Waals surface area contributed by atoms with Gasteiger partial charge in [0, 0.05) is 25.7 Å². The molecule has 1 fully saturated rings. The van der Waals surface area contributed by atoms with E-state index in [0.29, 0.717) is 40.9 Å². The first kappa shape index (κ1) is 22.7. The van der Waals surface area contributed by atoms with Crippen LogP contribution >= 0.6 is 11.3 Å². The van der Waals surface area contributed by atoms with Crippen molar-refractivity contribution in [1.82, 2.24) is 9.88 Å². The minimum atomic E-state index is -4.38. The van der Waals surface area contributed by atoms with Gasteiger partial charge in [-0.1, -0.05) is 25.2 Å². The van der Waals surface area contributed by atoms with Gasteiger partial charge in [0.1, 0.15) is 5.60 Å². The molecular formula is C21H28F3N3O2S. The van der Waals surface area contributed by atoms with Crippen molar-refractivity contribution in [3.05, 3.63) is 23.8 Å². The third-order valence-corrected chi connectivity index (χ3v) is 5.88. The number of hydrogen-bond acceptors (Lipinski definition) is 5. The molecule has 1 aromatic carbocycles. The average molecular weight is 444 g/mol. The van der Waals surface area contributed by atoms with E-state index in [1.165, 1.54) is 17.4 Å². The molecule has 1 amide bonds. The molecule has 0 unspecified atom stereocenters. The number of anilines is 1. The molecule has 1 saturated heterocycles. The van der Waals surface area contributed by atoms with Crippen LogP contribution in [0.1, 0.15) is 46.6 Å². The number of rotatable bonds is 3. The second-order valence-corrected chi connectivity index (χ2v) is 10.1. The third-order valence-electron chi connectivity index (χ3n) is 4.83. The van der Waals surface area contributed by atoms with E-state index in [-0.39, 0.29) is 12.1 Å². The second-order valence-electron chi connectivity index (χ2n) is 9.08. The van der Waals surface area contributed by atoms with E-state index in [4.69, 9.17) is 4.74 Å². The van der Waals surface area contributed by atoms with E-state index < -0.39 is 17.3 Å². The van der Waals surface area contributed by atoms with Crippen LogP contribution in [-0.2, 0) is 10.9 Å². The van der Waals surface area contributed by atoms with E-state index >= 15 is 0 Å². The number of aromatic nitrogens is 1. The van der Waals surface area contributed by atoms with Gasteiger partial charge in [0.25, 0.3) is 0 Å².